The van der Waals surface area contributed by atoms with Gasteiger partial charge in [-0.25, -0.2) is 0 Å². The van der Waals surface area contributed by atoms with Crippen LogP contribution in [0.4, 0.5) is 5.69 Å². The Morgan fingerprint density at radius 2 is 1.79 bits per heavy atom. The number of fused-ring (bicyclic) bond motifs is 5. The monoisotopic (exact) mass is 653 g/mol. The lowest BCUT2D eigenvalue weighted by molar-refractivity contribution is -0.124. The molecule has 6 N–H and O–H groups in total. The molecule has 0 heterocycles. The Morgan fingerprint density at radius 1 is 0.979 bits per heavy atom. The molecule has 3 amide bonds. The van der Waals surface area contributed by atoms with Crippen molar-refractivity contribution < 1.29 is 43.5 Å². The third kappa shape index (κ3) is 7.82. The number of aromatic hydroxyl groups is 2. The number of nitrogens with two attached hydrogens (primary N) is 1. The van der Waals surface area contributed by atoms with Gasteiger partial charge in [0.1, 0.15) is 23.7 Å². The highest BCUT2D eigenvalue weighted by Gasteiger charge is 2.55. The summed E-state index contributed by atoms with van der Waals surface area (Å²) in [6, 6.07) is 8.71. The summed E-state index contributed by atoms with van der Waals surface area (Å²) < 4.78 is 22.2. The minimum atomic E-state index is -0.891. The first-order valence-corrected chi connectivity index (χ1v) is 16.5. The maximum atomic E-state index is 12.4. The predicted octanol–water partition coefficient (Wildman–Crippen LogP) is 3.62. The zero-order chi connectivity index (χ0) is 33.6. The SMILES string of the molecule is COc1ccc(NC(=O)COCCOCCNC(=O)CCO[C@@H]2CCC3C4CCc5cc(O)ccc5C4CCC32C)c(O)c1C(N)=O. The van der Waals surface area contributed by atoms with Crippen LogP contribution in [0.25, 0.3) is 0 Å². The first-order chi connectivity index (χ1) is 22.6. The van der Waals surface area contributed by atoms with Gasteiger partial charge in [-0.05, 0) is 97.1 Å². The Kier molecular flexibility index (Phi) is 11.3. The van der Waals surface area contributed by atoms with Crippen molar-refractivity contribution in [3.8, 4) is 17.2 Å². The third-order valence-electron chi connectivity index (χ3n) is 10.3. The number of primary amides is 1. The summed E-state index contributed by atoms with van der Waals surface area (Å²) in [5, 5.41) is 25.5. The summed E-state index contributed by atoms with van der Waals surface area (Å²) in [6.45, 7) is 3.51. The number of phenolic OH excluding ortho intramolecular Hbond substituents is 1. The zero-order valence-electron chi connectivity index (χ0n) is 27.2. The van der Waals surface area contributed by atoms with Gasteiger partial charge in [0, 0.05) is 13.0 Å². The van der Waals surface area contributed by atoms with Crippen molar-refractivity contribution in [1.82, 2.24) is 5.32 Å². The molecular formula is C35H47N3O9. The molecule has 4 unspecified atom stereocenters. The second-order valence-electron chi connectivity index (χ2n) is 13.0. The average molecular weight is 654 g/mol. The van der Waals surface area contributed by atoms with Gasteiger partial charge in [0.05, 0.1) is 45.3 Å². The number of nitrogens with one attached hydrogen (secondary N) is 2. The molecule has 0 aromatic heterocycles. The normalized spacial score (nSPS) is 24.5. The number of anilines is 1. The Balaban J connectivity index is 0.926. The van der Waals surface area contributed by atoms with E-state index in [1.807, 2.05) is 12.1 Å². The van der Waals surface area contributed by atoms with Crippen LogP contribution in [0.1, 0.15) is 72.9 Å². The van der Waals surface area contributed by atoms with E-state index in [1.54, 1.807) is 0 Å². The second kappa shape index (κ2) is 15.4. The summed E-state index contributed by atoms with van der Waals surface area (Å²) in [4.78, 5) is 36.2. The summed E-state index contributed by atoms with van der Waals surface area (Å²) in [5.41, 5.74) is 7.94. The number of carbonyl (C=O) groups excluding carboxylic acids is 3. The second-order valence-corrected chi connectivity index (χ2v) is 13.0. The standard InChI is InChI=1S/C35H47N3O9/c1-35-13-11-24-23-6-4-22(39)19-21(23)3-5-25(24)26(35)7-10-29(35)47-15-12-30(40)37-14-16-45-17-18-46-20-31(41)38-27-8-9-28(44-2)32(33(27)42)34(36)43/h4,6,8-9,19,24-26,29,39,42H,3,5,7,10-18,20H2,1-2H3,(H2,36,43)(H,37,40)(H,38,41)/t24?,25?,26?,29-,35?/m1/s1. The molecule has 0 radical (unpaired) electrons. The molecule has 2 aromatic carbocycles. The number of carbonyl (C=O) groups is 3. The van der Waals surface area contributed by atoms with Crippen LogP contribution in [0, 0.1) is 17.3 Å². The Hall–Kier alpha value is -3.87. The molecule has 2 aromatic rings. The van der Waals surface area contributed by atoms with Crippen molar-refractivity contribution in [2.24, 2.45) is 23.0 Å². The van der Waals surface area contributed by atoms with Crippen LogP contribution in [0.3, 0.4) is 0 Å². The Labute approximate surface area is 275 Å². The van der Waals surface area contributed by atoms with E-state index in [2.05, 4.69) is 23.6 Å². The molecule has 256 valence electrons. The van der Waals surface area contributed by atoms with Gasteiger partial charge in [-0.3, -0.25) is 14.4 Å². The van der Waals surface area contributed by atoms with E-state index in [1.165, 1.54) is 30.4 Å². The van der Waals surface area contributed by atoms with Gasteiger partial charge in [-0.1, -0.05) is 13.0 Å². The zero-order valence-corrected chi connectivity index (χ0v) is 27.2. The Bertz CT molecular complexity index is 1450. The van der Waals surface area contributed by atoms with E-state index in [-0.39, 0.29) is 54.2 Å². The number of methoxy groups -OCH3 is 1. The molecule has 2 fully saturated rings. The van der Waals surface area contributed by atoms with Gasteiger partial charge < -0.3 is 45.5 Å². The van der Waals surface area contributed by atoms with E-state index < -0.39 is 17.6 Å². The fourth-order valence-corrected chi connectivity index (χ4v) is 8.09. The fraction of sp³-hybridized carbons (Fsp3) is 0.571. The van der Waals surface area contributed by atoms with E-state index in [9.17, 15) is 24.6 Å². The summed E-state index contributed by atoms with van der Waals surface area (Å²) in [6.07, 6.45) is 7.11. The molecule has 0 aliphatic heterocycles. The minimum Gasteiger partial charge on any atom is -0.508 e. The fourth-order valence-electron chi connectivity index (χ4n) is 8.09. The van der Waals surface area contributed by atoms with E-state index in [0.717, 1.165) is 38.5 Å². The third-order valence-corrected chi connectivity index (χ3v) is 10.3. The molecule has 2 saturated carbocycles. The molecule has 12 nitrogen and oxygen atoms in total. The number of ether oxygens (including phenoxy) is 4. The molecule has 47 heavy (non-hydrogen) atoms. The van der Waals surface area contributed by atoms with Crippen molar-refractivity contribution in [3.05, 3.63) is 47.0 Å². The average Bonchev–Trinajstić information content (AvgIpc) is 3.38. The highest BCUT2D eigenvalue weighted by Crippen LogP contribution is 2.61. The summed E-state index contributed by atoms with van der Waals surface area (Å²) >= 11 is 0. The smallest absolute Gasteiger partial charge is 0.256 e. The first kappa shape index (κ1) is 34.5. The van der Waals surface area contributed by atoms with Crippen molar-refractivity contribution in [2.75, 3.05) is 52.0 Å². The van der Waals surface area contributed by atoms with Crippen LogP contribution in [0.2, 0.25) is 0 Å². The van der Waals surface area contributed by atoms with Crippen LogP contribution >= 0.6 is 0 Å². The van der Waals surface area contributed by atoms with Gasteiger partial charge in [-0.2, -0.15) is 0 Å². The van der Waals surface area contributed by atoms with Crippen LogP contribution in [0.15, 0.2) is 30.3 Å². The number of amides is 3. The van der Waals surface area contributed by atoms with Gasteiger partial charge in [0.25, 0.3) is 5.91 Å². The number of phenols is 2. The van der Waals surface area contributed by atoms with E-state index in [0.29, 0.717) is 49.7 Å². The molecule has 5 atom stereocenters. The van der Waals surface area contributed by atoms with Crippen LogP contribution in [0.5, 0.6) is 17.2 Å². The Morgan fingerprint density at radius 3 is 2.57 bits per heavy atom. The number of hydrogen-bond acceptors (Lipinski definition) is 9. The van der Waals surface area contributed by atoms with Gasteiger partial charge in [-0.15, -0.1) is 0 Å². The minimum absolute atomic E-state index is 0.00780. The van der Waals surface area contributed by atoms with Crippen molar-refractivity contribution in [1.29, 1.82) is 0 Å². The predicted molar refractivity (Wildman–Crippen MR) is 174 cm³/mol. The molecule has 0 bridgehead atoms. The van der Waals surface area contributed by atoms with Gasteiger partial charge in [0.2, 0.25) is 11.8 Å². The molecule has 5 rings (SSSR count). The maximum absolute atomic E-state index is 12.4. The van der Waals surface area contributed by atoms with Crippen LogP contribution in [-0.2, 0) is 30.2 Å². The highest BCUT2D eigenvalue weighted by molar-refractivity contribution is 6.02. The van der Waals surface area contributed by atoms with Crippen molar-refractivity contribution >= 4 is 23.4 Å². The lowest BCUT2D eigenvalue weighted by Gasteiger charge is -2.50. The van der Waals surface area contributed by atoms with Gasteiger partial charge in [0.15, 0.2) is 5.75 Å². The lowest BCUT2D eigenvalue weighted by Crippen LogP contribution is -2.45. The molecule has 3 aliphatic carbocycles. The van der Waals surface area contributed by atoms with Crippen molar-refractivity contribution in [3.63, 3.8) is 0 Å². The van der Waals surface area contributed by atoms with E-state index in [4.69, 9.17) is 24.7 Å². The number of hydrogen-bond donors (Lipinski definition) is 5. The molecule has 0 spiro atoms. The number of benzene rings is 2. The topological polar surface area (TPSA) is 179 Å². The highest BCUT2D eigenvalue weighted by atomic mass is 16.5. The van der Waals surface area contributed by atoms with Crippen molar-refractivity contribution in [2.45, 2.75) is 63.9 Å². The summed E-state index contributed by atoms with van der Waals surface area (Å²) in [7, 11) is 1.33. The lowest BCUT2D eigenvalue weighted by atomic mass is 9.55. The number of aryl methyl sites for hydroxylation is 1. The van der Waals surface area contributed by atoms with Crippen LogP contribution in [-0.4, -0.2) is 80.7 Å². The molecule has 0 saturated heterocycles. The molecular weight excluding hydrogens is 606 g/mol. The van der Waals surface area contributed by atoms with Crippen LogP contribution < -0.4 is 21.1 Å². The molecule has 3 aliphatic rings. The largest absolute Gasteiger partial charge is 0.508 e. The maximum Gasteiger partial charge on any atom is 0.256 e. The summed E-state index contributed by atoms with van der Waals surface area (Å²) in [5.74, 6) is 0.291. The quantitative estimate of drug-likeness (QED) is 0.142. The van der Waals surface area contributed by atoms with Gasteiger partial charge >= 0.3 is 0 Å². The number of rotatable bonds is 15. The first-order valence-electron chi connectivity index (χ1n) is 16.5. The van der Waals surface area contributed by atoms with E-state index >= 15 is 0 Å². The molecule has 12 heteroatoms.